The Bertz CT molecular complexity index is 1570. The predicted molar refractivity (Wildman–Crippen MR) is 187 cm³/mol. The topological polar surface area (TPSA) is 287 Å². The zero-order chi connectivity index (χ0) is 40.6. The van der Waals surface area contributed by atoms with Crippen molar-refractivity contribution in [3.05, 3.63) is 11.3 Å². The maximum Gasteiger partial charge on any atom is 0.341 e. The number of carbonyl (C=O) groups excluding carboxylic acids is 4. The zero-order valence-corrected chi connectivity index (χ0v) is 32.1. The molecule has 3 aliphatic heterocycles. The Morgan fingerprint density at radius 3 is 2.31 bits per heavy atom. The summed E-state index contributed by atoms with van der Waals surface area (Å²) < 4.78 is 40.7. The number of aliphatic hydroxyl groups excluding tert-OH is 2. The van der Waals surface area contributed by atoms with Gasteiger partial charge >= 0.3 is 23.9 Å². The van der Waals surface area contributed by atoms with Crippen LogP contribution < -0.4 is 5.32 Å². The maximum atomic E-state index is 13.6. The zero-order valence-electron chi connectivity index (χ0n) is 30.5. The van der Waals surface area contributed by atoms with Crippen molar-refractivity contribution in [2.75, 3.05) is 13.7 Å². The van der Waals surface area contributed by atoms with Gasteiger partial charge in [0.25, 0.3) is 0 Å². The first-order valence-electron chi connectivity index (χ1n) is 17.0. The molecule has 4 rings (SSSR count). The normalized spacial score (nSPS) is 37.8. The molecule has 7 N–H and O–H groups in total. The molecular formula is C33H46N2O17S2. The second-order valence-electron chi connectivity index (χ2n) is 13.8. The number of methoxy groups -OCH3 is 1. The second kappa shape index (κ2) is 16.8. The van der Waals surface area contributed by atoms with E-state index in [0.29, 0.717) is 4.32 Å². The van der Waals surface area contributed by atoms with E-state index in [1.165, 1.54) is 32.7 Å². The van der Waals surface area contributed by atoms with Crippen LogP contribution in [0, 0.1) is 11.3 Å². The molecule has 0 aromatic carbocycles. The Morgan fingerprint density at radius 2 is 1.78 bits per heavy atom. The smallest absolute Gasteiger partial charge is 0.341 e. The third kappa shape index (κ3) is 8.43. The highest BCUT2D eigenvalue weighted by atomic mass is 32.2. The van der Waals surface area contributed by atoms with E-state index in [9.17, 15) is 49.5 Å². The molecule has 13 atom stereocenters. The molecule has 21 heteroatoms. The molecule has 0 aromatic heterocycles. The van der Waals surface area contributed by atoms with Gasteiger partial charge in [-0.25, -0.2) is 9.59 Å². The minimum absolute atomic E-state index is 0.300. The van der Waals surface area contributed by atoms with E-state index in [1.54, 1.807) is 20.8 Å². The van der Waals surface area contributed by atoms with Crippen LogP contribution in [0.4, 0.5) is 0 Å². The summed E-state index contributed by atoms with van der Waals surface area (Å²) in [7, 11) is 1.28. The lowest BCUT2D eigenvalue weighted by Crippen LogP contribution is -2.70. The summed E-state index contributed by atoms with van der Waals surface area (Å²) in [6.45, 7) is 8.16. The lowest BCUT2D eigenvalue weighted by Gasteiger charge is -2.52. The van der Waals surface area contributed by atoms with Crippen LogP contribution in [-0.2, 0) is 57.1 Å². The molecule has 0 saturated carbocycles. The van der Waals surface area contributed by atoms with Crippen LogP contribution in [0.2, 0.25) is 0 Å². The van der Waals surface area contributed by atoms with Crippen molar-refractivity contribution < 1.29 is 82.7 Å². The number of thiocarbonyl (C=S) groups is 1. The van der Waals surface area contributed by atoms with Gasteiger partial charge in [-0.05, 0) is 13.8 Å². The number of hydrogen-bond acceptors (Lipinski definition) is 19. The van der Waals surface area contributed by atoms with Gasteiger partial charge in [0.05, 0.1) is 24.5 Å². The fourth-order valence-corrected chi connectivity index (χ4v) is 8.25. The number of esters is 3. The maximum absolute atomic E-state index is 13.6. The number of thioether (sulfide) groups is 1. The number of Topliss-reactive ketones (excluding diaryl/α,β-unsaturated/α-hetero) is 1. The summed E-state index contributed by atoms with van der Waals surface area (Å²) in [5, 5.41) is 66.7. The third-order valence-corrected chi connectivity index (χ3v) is 11.3. The van der Waals surface area contributed by atoms with Crippen molar-refractivity contribution in [2.45, 2.75) is 132 Å². The van der Waals surface area contributed by atoms with Crippen molar-refractivity contribution in [3.8, 4) is 0 Å². The summed E-state index contributed by atoms with van der Waals surface area (Å²) in [5.41, 5.74) is -7.31. The lowest BCUT2D eigenvalue weighted by molar-refractivity contribution is -0.345. The van der Waals surface area contributed by atoms with Gasteiger partial charge < -0.3 is 64.0 Å². The molecule has 0 radical (unpaired) electrons. The third-order valence-electron chi connectivity index (χ3n) is 9.88. The van der Waals surface area contributed by atoms with Gasteiger partial charge in [-0.1, -0.05) is 44.8 Å². The van der Waals surface area contributed by atoms with Crippen LogP contribution in [0.15, 0.2) is 11.3 Å². The molecule has 0 aromatic rings. The van der Waals surface area contributed by atoms with Crippen molar-refractivity contribution in [1.82, 2.24) is 5.32 Å². The van der Waals surface area contributed by atoms with E-state index < -0.39 is 143 Å². The summed E-state index contributed by atoms with van der Waals surface area (Å²) >= 11 is 6.37. The highest BCUT2D eigenvalue weighted by molar-refractivity contribution is 8.23. The first-order chi connectivity index (χ1) is 25.1. The summed E-state index contributed by atoms with van der Waals surface area (Å²) in [6.07, 6.45) is -15.8. The van der Waals surface area contributed by atoms with Crippen LogP contribution in [0.5, 0.6) is 0 Å². The van der Waals surface area contributed by atoms with Crippen LogP contribution in [0.3, 0.4) is 0 Å². The van der Waals surface area contributed by atoms with Gasteiger partial charge in [-0.15, -0.1) is 0 Å². The number of aliphatic carboxylic acids is 1. The molecule has 0 amide bonds. The number of carbonyl (C=O) groups is 5. The molecule has 4 aliphatic rings. The Hall–Kier alpha value is -3.28. The first kappa shape index (κ1) is 43.4. The summed E-state index contributed by atoms with van der Waals surface area (Å²) in [6, 6.07) is -1.00. The molecule has 3 saturated heterocycles. The molecule has 1 aliphatic carbocycles. The largest absolute Gasteiger partial charge is 0.508 e. The molecule has 0 spiro atoms. The number of hydrogen-bond donors (Lipinski definition) is 7. The Balaban J connectivity index is 1.78. The van der Waals surface area contributed by atoms with Crippen molar-refractivity contribution >= 4 is 63.7 Å². The number of ether oxygens (including phenoxy) is 7. The number of rotatable bonds is 12. The van der Waals surface area contributed by atoms with Gasteiger partial charge in [-0.2, -0.15) is 0 Å². The molecule has 19 nitrogen and oxygen atoms in total. The van der Waals surface area contributed by atoms with Crippen molar-refractivity contribution in [3.63, 3.8) is 0 Å². The molecule has 54 heavy (non-hydrogen) atoms. The van der Waals surface area contributed by atoms with Gasteiger partial charge in [0.15, 0.2) is 29.4 Å². The van der Waals surface area contributed by atoms with Crippen LogP contribution in [0.1, 0.15) is 54.4 Å². The number of aliphatic hydroxyl groups is 4. The van der Waals surface area contributed by atoms with Crippen LogP contribution in [-0.4, -0.2) is 157 Å². The highest BCUT2D eigenvalue weighted by Crippen LogP contribution is 2.42. The minimum atomic E-state index is -3.00. The lowest BCUT2D eigenvalue weighted by atomic mass is 9.74. The predicted octanol–water partition coefficient (Wildman–Crippen LogP) is -0.558. The van der Waals surface area contributed by atoms with Crippen LogP contribution in [0.25, 0.3) is 0 Å². The van der Waals surface area contributed by atoms with Gasteiger partial charge in [0.1, 0.15) is 64.5 Å². The van der Waals surface area contributed by atoms with Gasteiger partial charge in [0.2, 0.25) is 0 Å². The molecule has 3 heterocycles. The van der Waals surface area contributed by atoms with E-state index in [0.717, 1.165) is 6.92 Å². The van der Waals surface area contributed by atoms with Crippen LogP contribution >= 0.6 is 24.0 Å². The average Bonchev–Trinajstić information content (AvgIpc) is 3.43. The average molecular weight is 807 g/mol. The monoisotopic (exact) mass is 806 g/mol. The Kier molecular flexibility index (Phi) is 13.5. The Morgan fingerprint density at radius 1 is 1.13 bits per heavy atom. The van der Waals surface area contributed by atoms with E-state index in [4.69, 9.17) is 50.8 Å². The molecular weight excluding hydrogens is 760 g/mol. The molecule has 302 valence electrons. The first-order valence-corrected chi connectivity index (χ1v) is 18.3. The SMILES string of the molecule is CO[C@@H]1C[C@H](O[C@@H]2[C@@H](O)[C@H]([C@]3(O)CC(=O)C(=N)C(C(=O)O)=C3O)O[C@H](COC(C)=O)[C@@H]2OC(=O)[C@H]2NC(=S)S[C@@H]2C)O[C@H](C)[C@@]1(O)[C@H](C)OC(=O)C(C)C. The summed E-state index contributed by atoms with van der Waals surface area (Å²) in [4.78, 5) is 62.9. The van der Waals surface area contributed by atoms with E-state index in [-0.39, 0.29) is 6.42 Å². The molecule has 3 fully saturated rings. The highest BCUT2D eigenvalue weighted by Gasteiger charge is 2.62. The molecule has 0 bridgehead atoms. The number of nitrogens with one attached hydrogen (secondary N) is 2. The fraction of sp³-hybridized carbons (Fsp3) is 0.727. The van der Waals surface area contributed by atoms with E-state index >= 15 is 0 Å². The number of carboxylic acids is 1. The van der Waals surface area contributed by atoms with Gasteiger partial charge in [0, 0.05) is 25.7 Å². The fourth-order valence-electron chi connectivity index (χ4n) is 6.82. The summed E-state index contributed by atoms with van der Waals surface area (Å²) in [5.74, 6) is -7.39. The minimum Gasteiger partial charge on any atom is -0.508 e. The Labute approximate surface area is 319 Å². The number of carboxylic acid groups (broad SMARTS) is 1. The molecule has 0 unspecified atom stereocenters. The van der Waals surface area contributed by atoms with E-state index in [1.807, 2.05) is 0 Å². The quantitative estimate of drug-likeness (QED) is 0.0739. The van der Waals surface area contributed by atoms with Crippen molar-refractivity contribution in [2.24, 2.45) is 5.92 Å². The second-order valence-corrected chi connectivity index (χ2v) is 15.9. The number of ketones is 1. The standard InChI is InChI=1S/C33H46N2O17S2/c1-11(2)29(42)49-14(5)33(45)13(4)48-19(8-18(33)46-7)51-25-23(38)27(32(44)9-16(37)21(34)20(26(32)39)28(40)41)50-17(10-47-15(6)36)24(25)52-30(43)22-12(3)54-31(53)35-22/h11-14,17-19,22-25,27,34,38-39,44-45H,8-10H2,1-7H3,(H,35,53)(H,40,41)/t12-,13-,14+,17-,18-,19+,22+,23-,24+,25-,27-,32+,33-/m1/s1. The van der Waals surface area contributed by atoms with Crippen molar-refractivity contribution in [1.29, 1.82) is 5.41 Å². The van der Waals surface area contributed by atoms with Gasteiger partial charge in [-0.3, -0.25) is 19.8 Å². The van der Waals surface area contributed by atoms with E-state index in [2.05, 4.69) is 5.32 Å².